The summed E-state index contributed by atoms with van der Waals surface area (Å²) in [5.41, 5.74) is -0.834. The second-order valence-corrected chi connectivity index (χ2v) is 9.95. The Morgan fingerprint density at radius 3 is 2.68 bits per heavy atom. The molecule has 0 saturated carbocycles. The first kappa shape index (κ1) is 15.2. The summed E-state index contributed by atoms with van der Waals surface area (Å²) in [4.78, 5) is 0. The molecule has 0 spiro atoms. The number of hydrogen-bond donors (Lipinski definition) is 2. The first-order chi connectivity index (χ1) is 8.70. The van der Waals surface area contributed by atoms with Crippen LogP contribution < -0.4 is 10.0 Å². The Labute approximate surface area is 115 Å². The monoisotopic (exact) mass is 310 g/mol. The van der Waals surface area contributed by atoms with E-state index in [0.29, 0.717) is 6.42 Å². The van der Waals surface area contributed by atoms with Crippen molar-refractivity contribution in [2.75, 3.05) is 30.3 Å². The summed E-state index contributed by atoms with van der Waals surface area (Å²) >= 11 is 0. The zero-order chi connectivity index (χ0) is 14.1. The van der Waals surface area contributed by atoms with Crippen molar-refractivity contribution in [3.63, 3.8) is 0 Å². The highest BCUT2D eigenvalue weighted by Crippen LogP contribution is 2.24. The number of nitrogens with one attached hydrogen (secondary N) is 2. The zero-order valence-electron chi connectivity index (χ0n) is 11.2. The summed E-state index contributed by atoms with van der Waals surface area (Å²) < 4.78 is 49.8. The summed E-state index contributed by atoms with van der Waals surface area (Å²) in [6.45, 7) is 3.34. The van der Waals surface area contributed by atoms with Crippen LogP contribution in [0.5, 0.6) is 0 Å². The average Bonchev–Trinajstić information content (AvgIpc) is 2.52. The smallest absolute Gasteiger partial charge is 0.212 e. The predicted octanol–water partition coefficient (Wildman–Crippen LogP) is -0.517. The van der Waals surface area contributed by atoms with E-state index in [0.717, 1.165) is 25.9 Å². The van der Waals surface area contributed by atoms with Crippen LogP contribution in [0.1, 0.15) is 26.2 Å². The van der Waals surface area contributed by atoms with Crippen LogP contribution in [0.15, 0.2) is 0 Å². The highest BCUT2D eigenvalue weighted by Gasteiger charge is 2.41. The van der Waals surface area contributed by atoms with Crippen LogP contribution in [0.3, 0.4) is 0 Å². The maximum absolute atomic E-state index is 12.1. The molecule has 2 heterocycles. The SMILES string of the molecule is CC1(NS(=O)(=O)CC2CCCNC2)CCS(=O)(=O)C1. The number of piperidine rings is 1. The van der Waals surface area contributed by atoms with Crippen LogP contribution in [0.2, 0.25) is 0 Å². The Bertz CT molecular complexity index is 523. The molecule has 2 rings (SSSR count). The fourth-order valence-electron chi connectivity index (χ4n) is 2.88. The molecule has 2 saturated heterocycles. The van der Waals surface area contributed by atoms with E-state index < -0.39 is 25.4 Å². The van der Waals surface area contributed by atoms with E-state index in [1.807, 2.05) is 0 Å². The molecule has 0 radical (unpaired) electrons. The third kappa shape index (κ3) is 4.40. The molecule has 2 aliphatic heterocycles. The highest BCUT2D eigenvalue weighted by atomic mass is 32.2. The number of hydrogen-bond acceptors (Lipinski definition) is 5. The maximum Gasteiger partial charge on any atom is 0.212 e. The lowest BCUT2D eigenvalue weighted by atomic mass is 10.0. The first-order valence-corrected chi connectivity index (χ1v) is 10.1. The first-order valence-electron chi connectivity index (χ1n) is 6.63. The number of rotatable bonds is 4. The molecule has 19 heavy (non-hydrogen) atoms. The van der Waals surface area contributed by atoms with Gasteiger partial charge in [0.15, 0.2) is 9.84 Å². The molecule has 0 aromatic carbocycles. The summed E-state index contributed by atoms with van der Waals surface area (Å²) in [5, 5.41) is 3.19. The molecule has 2 fully saturated rings. The van der Waals surface area contributed by atoms with Gasteiger partial charge in [0.2, 0.25) is 10.0 Å². The lowest BCUT2D eigenvalue weighted by molar-refractivity contribution is 0.397. The molecular weight excluding hydrogens is 288 g/mol. The van der Waals surface area contributed by atoms with E-state index in [1.165, 1.54) is 0 Å². The minimum Gasteiger partial charge on any atom is -0.316 e. The van der Waals surface area contributed by atoms with Crippen LogP contribution in [0.25, 0.3) is 0 Å². The van der Waals surface area contributed by atoms with Gasteiger partial charge in [-0.25, -0.2) is 21.6 Å². The molecule has 2 atom stereocenters. The fraction of sp³-hybridized carbons (Fsp3) is 1.00. The third-order valence-corrected chi connectivity index (χ3v) is 7.38. The molecule has 0 aliphatic carbocycles. The molecule has 112 valence electrons. The summed E-state index contributed by atoms with van der Waals surface area (Å²) in [5.74, 6) is 0.169. The minimum atomic E-state index is -3.43. The van der Waals surface area contributed by atoms with Gasteiger partial charge in [-0.15, -0.1) is 0 Å². The van der Waals surface area contributed by atoms with E-state index in [9.17, 15) is 16.8 Å². The van der Waals surface area contributed by atoms with Crippen LogP contribution in [0, 0.1) is 5.92 Å². The van der Waals surface area contributed by atoms with E-state index in [4.69, 9.17) is 0 Å². The van der Waals surface area contributed by atoms with Crippen molar-refractivity contribution in [2.24, 2.45) is 5.92 Å². The van der Waals surface area contributed by atoms with Crippen molar-refractivity contribution >= 4 is 19.9 Å². The quantitative estimate of drug-likeness (QED) is 0.729. The van der Waals surface area contributed by atoms with Gasteiger partial charge in [0.25, 0.3) is 0 Å². The second-order valence-electron chi connectivity index (χ2n) is 6.00. The van der Waals surface area contributed by atoms with Crippen molar-refractivity contribution < 1.29 is 16.8 Å². The van der Waals surface area contributed by atoms with Gasteiger partial charge in [0.1, 0.15) is 0 Å². The van der Waals surface area contributed by atoms with Gasteiger partial charge in [0.05, 0.1) is 17.3 Å². The Hall–Kier alpha value is -0.180. The normalized spacial score (nSPS) is 35.3. The highest BCUT2D eigenvalue weighted by molar-refractivity contribution is 7.92. The van der Waals surface area contributed by atoms with Crippen molar-refractivity contribution in [3.8, 4) is 0 Å². The lowest BCUT2D eigenvalue weighted by Gasteiger charge is -2.27. The lowest BCUT2D eigenvalue weighted by Crippen LogP contribution is -2.49. The van der Waals surface area contributed by atoms with Crippen molar-refractivity contribution in [2.45, 2.75) is 31.7 Å². The maximum atomic E-state index is 12.1. The summed E-state index contributed by atoms with van der Waals surface area (Å²) in [6, 6.07) is 0. The predicted molar refractivity (Wildman–Crippen MR) is 74.2 cm³/mol. The summed E-state index contributed by atoms with van der Waals surface area (Å²) in [7, 11) is -6.53. The topological polar surface area (TPSA) is 92.3 Å². The van der Waals surface area contributed by atoms with Crippen LogP contribution in [-0.2, 0) is 19.9 Å². The average molecular weight is 310 g/mol. The van der Waals surface area contributed by atoms with Crippen molar-refractivity contribution in [3.05, 3.63) is 0 Å². The summed E-state index contributed by atoms with van der Waals surface area (Å²) in [6.07, 6.45) is 2.26. The zero-order valence-corrected chi connectivity index (χ0v) is 12.8. The van der Waals surface area contributed by atoms with Crippen molar-refractivity contribution in [1.82, 2.24) is 10.0 Å². The largest absolute Gasteiger partial charge is 0.316 e. The molecule has 0 amide bonds. The molecule has 0 aromatic heterocycles. The van der Waals surface area contributed by atoms with Gasteiger partial charge in [0, 0.05) is 5.54 Å². The minimum absolute atomic E-state index is 0.0665. The van der Waals surface area contributed by atoms with E-state index in [2.05, 4.69) is 10.0 Å². The molecule has 6 nitrogen and oxygen atoms in total. The molecule has 0 aromatic rings. The van der Waals surface area contributed by atoms with Crippen LogP contribution in [-0.4, -0.2) is 52.7 Å². The third-order valence-electron chi connectivity index (χ3n) is 3.76. The molecule has 0 bridgehead atoms. The second kappa shape index (κ2) is 5.31. The molecule has 2 N–H and O–H groups in total. The molecule has 8 heteroatoms. The van der Waals surface area contributed by atoms with Gasteiger partial charge in [-0.1, -0.05) is 0 Å². The Morgan fingerprint density at radius 1 is 1.42 bits per heavy atom. The number of sulfonamides is 1. The van der Waals surface area contributed by atoms with Gasteiger partial charge in [-0.2, -0.15) is 0 Å². The van der Waals surface area contributed by atoms with Crippen LogP contribution in [0.4, 0.5) is 0 Å². The van der Waals surface area contributed by atoms with Gasteiger partial charge < -0.3 is 5.32 Å². The molecular formula is C11H22N2O4S2. The van der Waals surface area contributed by atoms with Gasteiger partial charge >= 0.3 is 0 Å². The van der Waals surface area contributed by atoms with Crippen LogP contribution >= 0.6 is 0 Å². The van der Waals surface area contributed by atoms with Gasteiger partial charge in [-0.05, 0) is 45.2 Å². The number of sulfone groups is 1. The van der Waals surface area contributed by atoms with E-state index >= 15 is 0 Å². The molecule has 2 unspecified atom stereocenters. The van der Waals surface area contributed by atoms with E-state index in [-0.39, 0.29) is 23.2 Å². The Balaban J connectivity index is 1.97. The fourth-order valence-corrected chi connectivity index (χ4v) is 6.98. The Kier molecular flexibility index (Phi) is 4.25. The Morgan fingerprint density at radius 2 is 2.16 bits per heavy atom. The standard InChI is InChI=1S/C11H22N2O4S2/c1-11(4-6-18(14,15)9-11)13-19(16,17)8-10-3-2-5-12-7-10/h10,12-13H,2-9H2,1H3. The van der Waals surface area contributed by atoms with E-state index in [1.54, 1.807) is 6.92 Å². The van der Waals surface area contributed by atoms with Gasteiger partial charge in [-0.3, -0.25) is 0 Å². The van der Waals surface area contributed by atoms with Crippen molar-refractivity contribution in [1.29, 1.82) is 0 Å². The molecule has 2 aliphatic rings.